The molecule has 5 aromatic carbocycles. The number of nitrogens with zero attached hydrogens (tertiary/aromatic N) is 4. The molecular formula is C52H55BrF2N6O5. The molecule has 0 bridgehead atoms. The monoisotopic (exact) mass is 960 g/mol. The SMILES string of the molecule is CCC(=O)c1ccc(-n2cnc3c(NCC4CCOCC4)cc(Br)cc32)cc1C.CCC(=O)c1ccc(-n2cnc3c(NCC4CCOCC4)cc(Oc4cccc(F)c4F)cc32)cc1C. The van der Waals surface area contributed by atoms with Crippen LogP contribution in [0, 0.1) is 37.3 Å². The number of benzene rings is 5. The molecule has 2 saturated heterocycles. The summed E-state index contributed by atoms with van der Waals surface area (Å²) in [7, 11) is 0. The van der Waals surface area contributed by atoms with Gasteiger partial charge in [-0.05, 0) is 123 Å². The van der Waals surface area contributed by atoms with Gasteiger partial charge in [0.05, 0.1) is 22.4 Å². The van der Waals surface area contributed by atoms with Crippen molar-refractivity contribution in [2.45, 2.75) is 66.2 Å². The van der Waals surface area contributed by atoms with Gasteiger partial charge in [0.2, 0.25) is 5.82 Å². The Kier molecular flexibility index (Phi) is 14.9. The average molecular weight is 962 g/mol. The molecule has 2 fully saturated rings. The molecule has 9 rings (SSSR count). The number of ketones is 2. The number of fused-ring (bicyclic) bond motifs is 2. The van der Waals surface area contributed by atoms with Crippen molar-refractivity contribution < 1.29 is 32.6 Å². The van der Waals surface area contributed by atoms with Crippen molar-refractivity contribution in [3.05, 3.63) is 130 Å². The first-order valence-electron chi connectivity index (χ1n) is 22.7. The molecule has 2 N–H and O–H groups in total. The maximum Gasteiger partial charge on any atom is 0.201 e. The maximum absolute atomic E-state index is 14.4. The lowest BCUT2D eigenvalue weighted by molar-refractivity contribution is 0.0698. The van der Waals surface area contributed by atoms with E-state index in [0.717, 1.165) is 137 Å². The van der Waals surface area contributed by atoms with Crippen LogP contribution in [0.15, 0.2) is 96.0 Å². The normalized spacial score (nSPS) is 14.5. The van der Waals surface area contributed by atoms with Crippen molar-refractivity contribution in [2.24, 2.45) is 11.8 Å². The fourth-order valence-corrected chi connectivity index (χ4v) is 9.06. The smallest absolute Gasteiger partial charge is 0.201 e. The Morgan fingerprint density at radius 3 is 1.70 bits per heavy atom. The highest BCUT2D eigenvalue weighted by atomic mass is 79.9. The van der Waals surface area contributed by atoms with Crippen LogP contribution in [0.25, 0.3) is 33.4 Å². The number of hydrogen-bond acceptors (Lipinski definition) is 9. The first-order valence-corrected chi connectivity index (χ1v) is 23.5. The minimum atomic E-state index is -1.04. The number of anilines is 2. The van der Waals surface area contributed by atoms with E-state index in [-0.39, 0.29) is 17.3 Å². The van der Waals surface area contributed by atoms with Crippen molar-refractivity contribution in [1.82, 2.24) is 19.1 Å². The van der Waals surface area contributed by atoms with Crippen LogP contribution in [0.2, 0.25) is 0 Å². The summed E-state index contributed by atoms with van der Waals surface area (Å²) in [5.41, 5.74) is 10.4. The molecule has 0 spiro atoms. The second-order valence-electron chi connectivity index (χ2n) is 17.0. The first-order chi connectivity index (χ1) is 32.0. The predicted octanol–water partition coefficient (Wildman–Crippen LogP) is 12.4. The number of aromatic nitrogens is 4. The third kappa shape index (κ3) is 10.5. The lowest BCUT2D eigenvalue weighted by Gasteiger charge is -2.23. The molecule has 2 aromatic heterocycles. The van der Waals surface area contributed by atoms with Crippen LogP contribution < -0.4 is 15.4 Å². The third-order valence-corrected chi connectivity index (χ3v) is 12.9. The summed E-state index contributed by atoms with van der Waals surface area (Å²) in [6.07, 6.45) is 8.66. The van der Waals surface area contributed by atoms with Crippen molar-refractivity contribution in [2.75, 3.05) is 50.2 Å². The number of aryl methyl sites for hydroxylation is 2. The Morgan fingerprint density at radius 2 is 1.20 bits per heavy atom. The molecule has 0 saturated carbocycles. The molecule has 0 radical (unpaired) electrons. The van der Waals surface area contributed by atoms with Gasteiger partial charge in [-0.15, -0.1) is 0 Å². The zero-order valence-electron chi connectivity index (χ0n) is 37.8. The highest BCUT2D eigenvalue weighted by molar-refractivity contribution is 9.10. The molecule has 0 unspecified atom stereocenters. The van der Waals surface area contributed by atoms with Crippen LogP contribution in [0.4, 0.5) is 20.2 Å². The van der Waals surface area contributed by atoms with Gasteiger partial charge in [0, 0.05) is 91.5 Å². The Labute approximate surface area is 392 Å². The van der Waals surface area contributed by atoms with Gasteiger partial charge in [-0.3, -0.25) is 18.7 Å². The van der Waals surface area contributed by atoms with E-state index in [4.69, 9.17) is 19.2 Å². The van der Waals surface area contributed by atoms with Gasteiger partial charge >= 0.3 is 0 Å². The largest absolute Gasteiger partial charge is 0.454 e. The summed E-state index contributed by atoms with van der Waals surface area (Å²) in [4.78, 5) is 33.7. The summed E-state index contributed by atoms with van der Waals surface area (Å²) in [5, 5.41) is 7.09. The lowest BCUT2D eigenvalue weighted by Crippen LogP contribution is -2.22. The van der Waals surface area contributed by atoms with E-state index < -0.39 is 11.6 Å². The van der Waals surface area contributed by atoms with Crippen molar-refractivity contribution in [1.29, 1.82) is 0 Å². The van der Waals surface area contributed by atoms with Crippen molar-refractivity contribution >= 4 is 60.9 Å². The van der Waals surface area contributed by atoms with Gasteiger partial charge in [-0.2, -0.15) is 4.39 Å². The maximum atomic E-state index is 14.4. The van der Waals surface area contributed by atoms with Crippen LogP contribution in [0.3, 0.4) is 0 Å². The predicted molar refractivity (Wildman–Crippen MR) is 259 cm³/mol. The lowest BCUT2D eigenvalue weighted by atomic mass is 10.0. The minimum absolute atomic E-state index is 0.0898. The first kappa shape index (κ1) is 46.6. The molecule has 7 aromatic rings. The molecule has 14 heteroatoms. The number of nitrogens with one attached hydrogen (secondary N) is 2. The van der Waals surface area contributed by atoms with E-state index in [2.05, 4.69) is 54.3 Å². The second-order valence-corrected chi connectivity index (χ2v) is 17.9. The van der Waals surface area contributed by atoms with Crippen molar-refractivity contribution in [3.8, 4) is 22.9 Å². The molecule has 2 aliphatic rings. The number of Topliss-reactive ketones (excluding diaryl/α,β-unsaturated/α-hetero) is 2. The van der Waals surface area contributed by atoms with Crippen LogP contribution in [0.1, 0.15) is 84.2 Å². The summed E-state index contributed by atoms with van der Waals surface area (Å²) in [6.45, 7) is 12.5. The van der Waals surface area contributed by atoms with Gasteiger partial charge in [0.15, 0.2) is 23.1 Å². The molecule has 0 aliphatic carbocycles. The topological polar surface area (TPSA) is 122 Å². The zero-order chi connectivity index (χ0) is 46.3. The van der Waals surface area contributed by atoms with Gasteiger partial charge in [-0.1, -0.05) is 35.8 Å². The average Bonchev–Trinajstić information content (AvgIpc) is 3.97. The van der Waals surface area contributed by atoms with Gasteiger partial charge < -0.3 is 24.8 Å². The van der Waals surface area contributed by atoms with E-state index in [0.29, 0.717) is 36.0 Å². The molecule has 66 heavy (non-hydrogen) atoms. The van der Waals surface area contributed by atoms with E-state index >= 15 is 0 Å². The van der Waals surface area contributed by atoms with Crippen LogP contribution in [-0.2, 0) is 9.47 Å². The molecule has 2 aliphatic heterocycles. The Hall–Kier alpha value is -5.96. The van der Waals surface area contributed by atoms with E-state index in [1.165, 1.54) is 12.1 Å². The summed E-state index contributed by atoms with van der Waals surface area (Å²) in [6, 6.07) is 23.2. The molecular weight excluding hydrogens is 907 g/mol. The van der Waals surface area contributed by atoms with E-state index in [1.54, 1.807) is 18.5 Å². The van der Waals surface area contributed by atoms with Crippen LogP contribution in [-0.4, -0.2) is 70.2 Å². The van der Waals surface area contributed by atoms with Gasteiger partial charge in [-0.25, -0.2) is 14.4 Å². The van der Waals surface area contributed by atoms with E-state index in [1.807, 2.05) is 68.9 Å². The Balaban J connectivity index is 0.000000185. The number of halogens is 3. The molecule has 0 amide bonds. The van der Waals surface area contributed by atoms with Gasteiger partial charge in [0.25, 0.3) is 0 Å². The number of rotatable bonds is 14. The molecule has 4 heterocycles. The highest BCUT2D eigenvalue weighted by Gasteiger charge is 2.20. The number of hydrogen-bond donors (Lipinski definition) is 2. The summed E-state index contributed by atoms with van der Waals surface area (Å²) >= 11 is 3.65. The summed E-state index contributed by atoms with van der Waals surface area (Å²) in [5.74, 6) is -0.507. The van der Waals surface area contributed by atoms with Crippen molar-refractivity contribution in [3.63, 3.8) is 0 Å². The Morgan fingerprint density at radius 1 is 0.697 bits per heavy atom. The number of ether oxygens (including phenoxy) is 3. The molecule has 11 nitrogen and oxygen atoms in total. The fourth-order valence-electron chi connectivity index (χ4n) is 8.61. The minimum Gasteiger partial charge on any atom is -0.454 e. The second kappa shape index (κ2) is 21.1. The molecule has 344 valence electrons. The number of carbonyl (C=O) groups excluding carboxylic acids is 2. The zero-order valence-corrected chi connectivity index (χ0v) is 39.4. The van der Waals surface area contributed by atoms with Gasteiger partial charge in [0.1, 0.15) is 29.4 Å². The number of carbonyl (C=O) groups is 2. The van der Waals surface area contributed by atoms with E-state index in [9.17, 15) is 18.4 Å². The quantitative estimate of drug-likeness (QED) is 0.103. The van der Waals surface area contributed by atoms with Crippen LogP contribution >= 0.6 is 15.9 Å². The van der Waals surface area contributed by atoms with Crippen LogP contribution in [0.5, 0.6) is 11.5 Å². The third-order valence-electron chi connectivity index (χ3n) is 12.4. The highest BCUT2D eigenvalue weighted by Crippen LogP contribution is 2.35. The fraction of sp³-hybridized carbons (Fsp3) is 0.346. The number of imidazole rings is 2. The Bertz CT molecular complexity index is 2870. The standard InChI is InChI=1S/C29H29F2N3O3.C23H26BrN3O2/c1-3-26(35)22-8-7-20(13-18(22)2)34-17-33-29-24(32-16-19-9-11-36-12-10-19)14-21(15-25(29)34)37-27-6-4-5-23(30)28(27)31;1-3-22(28)19-5-4-18(10-15(19)2)27-14-26-23-20(11-17(24)12-21(23)27)25-13-16-6-8-29-9-7-16/h4-8,13-15,17,19,32H,3,9-12,16H2,1-2H3;4-5,10-12,14,16,25H,3,6-9,13H2,1-2H3. The summed E-state index contributed by atoms with van der Waals surface area (Å²) < 4.78 is 49.9. The molecule has 0 atom stereocenters.